The molecule has 222 valence electrons. The molecule has 4 heterocycles. The zero-order valence-electron chi connectivity index (χ0n) is 23.5. The number of aliphatic carboxylic acids is 1. The summed E-state index contributed by atoms with van der Waals surface area (Å²) in [5, 5.41) is 16.3. The van der Waals surface area contributed by atoms with E-state index in [1.165, 1.54) is 17.4 Å². The Morgan fingerprint density at radius 3 is 2.79 bits per heavy atom. The number of aromatic nitrogens is 1. The molecule has 1 saturated carbocycles. The predicted molar refractivity (Wildman–Crippen MR) is 160 cm³/mol. The fraction of sp³-hybridized carbons (Fsp3) is 0.483. The molecular formula is C29H33FN6O4S2. The van der Waals surface area contributed by atoms with Gasteiger partial charge in [-0.2, -0.15) is 0 Å². The number of ether oxygens (including phenoxy) is 1. The van der Waals surface area contributed by atoms with Gasteiger partial charge < -0.3 is 25.0 Å². The third-order valence-electron chi connectivity index (χ3n) is 8.56. The number of esters is 1. The van der Waals surface area contributed by atoms with Crippen LogP contribution in [0.4, 0.5) is 4.39 Å². The maximum absolute atomic E-state index is 14.7. The van der Waals surface area contributed by atoms with E-state index >= 15 is 0 Å². The molecule has 1 aromatic carbocycles. The first kappa shape index (κ1) is 28.7. The standard InChI is InChI=1S/C29H33FN6O4S2/c1-3-40-26(37)22-21(32-24(25-31-9-12-42-25)33-23(22)19-5-4-6-20(30)17(19)2)15-34-10-11-36-18(13-34)14-35(28(36)41)16-29(7-8-29)27(38)39/h4-6,9,12,18,23H,3,7-8,10-11,13-16H2,1-2H3,(H,32,33)(H,38,39)/t18-,23-/m0/s1. The zero-order chi connectivity index (χ0) is 29.6. The molecule has 2 atom stereocenters. The van der Waals surface area contributed by atoms with E-state index in [4.69, 9.17) is 21.9 Å². The second-order valence-corrected chi connectivity index (χ2v) is 12.5. The molecule has 2 N–H and O–H groups in total. The number of carbonyl (C=O) groups excluding carboxylic acids is 1. The number of piperazine rings is 1. The molecule has 42 heavy (non-hydrogen) atoms. The minimum absolute atomic E-state index is 0.111. The smallest absolute Gasteiger partial charge is 0.338 e. The highest BCUT2D eigenvalue weighted by atomic mass is 32.1. The number of carbonyl (C=O) groups is 2. The van der Waals surface area contributed by atoms with Crippen molar-refractivity contribution in [2.75, 3.05) is 45.9 Å². The van der Waals surface area contributed by atoms with Crippen LogP contribution in [0.25, 0.3) is 0 Å². The number of thiazole rings is 1. The van der Waals surface area contributed by atoms with Gasteiger partial charge in [-0.05, 0) is 56.1 Å². The maximum Gasteiger partial charge on any atom is 0.338 e. The molecule has 0 radical (unpaired) electrons. The largest absolute Gasteiger partial charge is 0.481 e. The van der Waals surface area contributed by atoms with Crippen LogP contribution in [-0.4, -0.2) is 99.6 Å². The normalized spacial score (nSPS) is 23.4. The summed E-state index contributed by atoms with van der Waals surface area (Å²) in [5.41, 5.74) is 1.35. The molecule has 0 unspecified atom stereocenters. The summed E-state index contributed by atoms with van der Waals surface area (Å²) in [6.07, 6.45) is 3.06. The minimum Gasteiger partial charge on any atom is -0.481 e. The van der Waals surface area contributed by atoms with Crippen molar-refractivity contribution in [1.82, 2.24) is 25.0 Å². The molecule has 0 bridgehead atoms. The first-order valence-electron chi connectivity index (χ1n) is 14.1. The maximum atomic E-state index is 14.7. The number of thiocarbonyl (C=S) groups is 1. The number of amidine groups is 1. The first-order valence-corrected chi connectivity index (χ1v) is 15.4. The molecule has 6 rings (SSSR count). The van der Waals surface area contributed by atoms with Crippen molar-refractivity contribution in [1.29, 1.82) is 0 Å². The van der Waals surface area contributed by atoms with Gasteiger partial charge >= 0.3 is 11.9 Å². The highest BCUT2D eigenvalue weighted by Crippen LogP contribution is 2.47. The topological polar surface area (TPSA) is 111 Å². The Kier molecular flexibility index (Phi) is 7.75. The van der Waals surface area contributed by atoms with Gasteiger partial charge in [-0.1, -0.05) is 12.1 Å². The highest BCUT2D eigenvalue weighted by Gasteiger charge is 2.53. The molecule has 0 amide bonds. The van der Waals surface area contributed by atoms with Crippen LogP contribution in [0.2, 0.25) is 0 Å². The highest BCUT2D eigenvalue weighted by molar-refractivity contribution is 7.80. The van der Waals surface area contributed by atoms with E-state index in [0.717, 1.165) is 0 Å². The Morgan fingerprint density at radius 1 is 1.29 bits per heavy atom. The lowest BCUT2D eigenvalue weighted by Gasteiger charge is -2.38. The van der Waals surface area contributed by atoms with Crippen molar-refractivity contribution in [2.45, 2.75) is 38.8 Å². The van der Waals surface area contributed by atoms with Crippen LogP contribution >= 0.6 is 23.6 Å². The number of nitrogens with zero attached hydrogens (tertiary/aromatic N) is 5. The van der Waals surface area contributed by atoms with E-state index in [2.05, 4.69) is 20.1 Å². The van der Waals surface area contributed by atoms with Gasteiger partial charge in [-0.25, -0.2) is 14.2 Å². The van der Waals surface area contributed by atoms with Crippen molar-refractivity contribution in [3.05, 3.63) is 63.0 Å². The quantitative estimate of drug-likeness (QED) is 0.324. The molecule has 3 fully saturated rings. The molecule has 1 aliphatic carbocycles. The number of rotatable bonds is 9. The Bertz CT molecular complexity index is 1470. The van der Waals surface area contributed by atoms with Crippen LogP contribution in [0.5, 0.6) is 0 Å². The molecule has 1 aromatic heterocycles. The Morgan fingerprint density at radius 2 is 2.10 bits per heavy atom. The van der Waals surface area contributed by atoms with Gasteiger partial charge in [0.05, 0.1) is 23.6 Å². The molecule has 2 saturated heterocycles. The fourth-order valence-electron chi connectivity index (χ4n) is 6.06. The first-order chi connectivity index (χ1) is 20.2. The predicted octanol–water partition coefficient (Wildman–Crippen LogP) is 2.95. The summed E-state index contributed by atoms with van der Waals surface area (Å²) >= 11 is 7.19. The van der Waals surface area contributed by atoms with Gasteiger partial charge in [0.15, 0.2) is 16.0 Å². The number of carboxylic acid groups (broad SMARTS) is 1. The summed E-state index contributed by atoms with van der Waals surface area (Å²) in [6.45, 7) is 7.24. The van der Waals surface area contributed by atoms with Crippen LogP contribution in [0, 0.1) is 18.2 Å². The summed E-state index contributed by atoms with van der Waals surface area (Å²) in [7, 11) is 0. The van der Waals surface area contributed by atoms with Crippen LogP contribution in [0.3, 0.4) is 0 Å². The minimum atomic E-state index is -0.767. The third-order valence-corrected chi connectivity index (χ3v) is 9.83. The monoisotopic (exact) mass is 612 g/mol. The lowest BCUT2D eigenvalue weighted by Crippen LogP contribution is -2.53. The van der Waals surface area contributed by atoms with E-state index in [0.29, 0.717) is 90.5 Å². The molecule has 4 aliphatic rings. The molecule has 10 nitrogen and oxygen atoms in total. The fourth-order valence-corrected chi connectivity index (χ4v) is 7.03. The number of fused-ring (bicyclic) bond motifs is 1. The Balaban J connectivity index is 1.29. The van der Waals surface area contributed by atoms with Gasteiger partial charge in [0.1, 0.15) is 11.9 Å². The Hall–Kier alpha value is -3.42. The Labute approximate surface area is 252 Å². The van der Waals surface area contributed by atoms with Gasteiger partial charge in [0.25, 0.3) is 0 Å². The number of halogens is 1. The van der Waals surface area contributed by atoms with Gasteiger partial charge in [-0.15, -0.1) is 11.3 Å². The van der Waals surface area contributed by atoms with Crippen LogP contribution in [-0.2, 0) is 14.3 Å². The van der Waals surface area contributed by atoms with Crippen molar-refractivity contribution < 1.29 is 23.8 Å². The van der Waals surface area contributed by atoms with E-state index in [-0.39, 0.29) is 18.5 Å². The van der Waals surface area contributed by atoms with Gasteiger partial charge in [0, 0.05) is 56.5 Å². The van der Waals surface area contributed by atoms with Gasteiger partial charge in [-0.3, -0.25) is 14.7 Å². The summed E-state index contributed by atoms with van der Waals surface area (Å²) in [5.74, 6) is -1.09. The van der Waals surface area contributed by atoms with E-state index in [9.17, 15) is 19.1 Å². The zero-order valence-corrected chi connectivity index (χ0v) is 25.1. The van der Waals surface area contributed by atoms with E-state index < -0.39 is 23.4 Å². The second-order valence-electron chi connectivity index (χ2n) is 11.2. The number of carboxylic acids is 1. The van der Waals surface area contributed by atoms with Crippen LogP contribution in [0.15, 0.2) is 46.0 Å². The molecular weight excluding hydrogens is 579 g/mol. The summed E-state index contributed by atoms with van der Waals surface area (Å²) < 4.78 is 20.2. The molecule has 2 aromatic rings. The van der Waals surface area contributed by atoms with E-state index in [1.54, 1.807) is 32.2 Å². The van der Waals surface area contributed by atoms with E-state index in [1.807, 2.05) is 10.3 Å². The summed E-state index contributed by atoms with van der Waals surface area (Å²) in [6, 6.07) is 4.17. The van der Waals surface area contributed by atoms with Crippen LogP contribution in [0.1, 0.15) is 41.9 Å². The molecule has 3 aliphatic heterocycles. The SMILES string of the molecule is CCOC(=O)C1=C(CN2CCN3C(=S)N(CC4(C(=O)O)CC4)C[C@@H]3C2)NC(c2nccs2)=N[C@H]1c1cccc(F)c1C. The number of hydrogen-bond donors (Lipinski definition) is 2. The van der Waals surface area contributed by atoms with Gasteiger partial charge in [0.2, 0.25) is 0 Å². The number of aliphatic imine (C=N–C) groups is 1. The number of benzene rings is 1. The number of nitrogens with one attached hydrogen (secondary N) is 1. The molecule has 0 spiro atoms. The van der Waals surface area contributed by atoms with Crippen molar-refractivity contribution >= 4 is 46.4 Å². The third kappa shape index (κ3) is 5.29. The van der Waals surface area contributed by atoms with Crippen molar-refractivity contribution in [3.8, 4) is 0 Å². The average Bonchev–Trinajstić information content (AvgIpc) is 3.41. The average molecular weight is 613 g/mol. The number of hydrogen-bond acceptors (Lipinski definition) is 9. The van der Waals surface area contributed by atoms with Crippen molar-refractivity contribution in [3.63, 3.8) is 0 Å². The van der Waals surface area contributed by atoms with Crippen LogP contribution < -0.4 is 5.32 Å². The lowest BCUT2D eigenvalue weighted by atomic mass is 9.92. The second kappa shape index (κ2) is 11.3. The lowest BCUT2D eigenvalue weighted by molar-refractivity contribution is -0.143. The molecule has 13 heteroatoms. The summed E-state index contributed by atoms with van der Waals surface area (Å²) in [4.78, 5) is 41.1. The van der Waals surface area contributed by atoms with Crippen molar-refractivity contribution in [2.24, 2.45) is 10.4 Å².